The third kappa shape index (κ3) is 4.94. The fraction of sp³-hybridized carbons (Fsp3) is 0.824. The maximum absolute atomic E-state index is 12.1. The maximum Gasteiger partial charge on any atom is 0.325 e. The van der Waals surface area contributed by atoms with Crippen molar-refractivity contribution >= 4 is 17.8 Å². The Morgan fingerprint density at radius 2 is 1.78 bits per heavy atom. The Hall–Kier alpha value is -1.59. The van der Waals surface area contributed by atoms with Gasteiger partial charge in [0.25, 0.3) is 5.91 Å². The lowest BCUT2D eigenvalue weighted by Crippen LogP contribution is -2.40. The molecule has 1 heterocycles. The molecule has 0 unspecified atom stereocenters. The Kier molecular flexibility index (Phi) is 6.02. The molecule has 0 aromatic rings. The highest BCUT2D eigenvalue weighted by Gasteiger charge is 2.43. The van der Waals surface area contributed by atoms with Crippen LogP contribution in [0.1, 0.15) is 71.6 Å². The van der Waals surface area contributed by atoms with Gasteiger partial charge in [0.05, 0.1) is 0 Å². The van der Waals surface area contributed by atoms with Crippen molar-refractivity contribution < 1.29 is 14.4 Å². The van der Waals surface area contributed by atoms with Crippen LogP contribution in [0.4, 0.5) is 4.79 Å². The van der Waals surface area contributed by atoms with Crippen LogP contribution < -0.4 is 10.6 Å². The largest absolute Gasteiger partial charge is 0.353 e. The van der Waals surface area contributed by atoms with E-state index in [0.29, 0.717) is 25.4 Å². The van der Waals surface area contributed by atoms with Crippen molar-refractivity contribution in [2.75, 3.05) is 6.54 Å². The van der Waals surface area contributed by atoms with Crippen LogP contribution in [0.15, 0.2) is 0 Å². The van der Waals surface area contributed by atoms with Gasteiger partial charge in [-0.1, -0.05) is 32.1 Å². The summed E-state index contributed by atoms with van der Waals surface area (Å²) in [6.45, 7) is 3.68. The molecule has 2 aliphatic rings. The smallest absolute Gasteiger partial charge is 0.325 e. The third-order valence-corrected chi connectivity index (χ3v) is 4.70. The van der Waals surface area contributed by atoms with Gasteiger partial charge in [-0.25, -0.2) is 4.79 Å². The molecule has 0 spiro atoms. The SMILES string of the molecule is CC1(C)NC(=O)N(CCCC(=O)NC2CCCCCCC2)C1=O. The minimum absolute atomic E-state index is 0.0295. The molecular formula is C17H29N3O3. The molecule has 1 aliphatic heterocycles. The second kappa shape index (κ2) is 7.79. The molecule has 1 aliphatic carbocycles. The second-order valence-corrected chi connectivity index (χ2v) is 7.23. The highest BCUT2D eigenvalue weighted by atomic mass is 16.2. The van der Waals surface area contributed by atoms with Crippen molar-refractivity contribution in [1.29, 1.82) is 0 Å². The summed E-state index contributed by atoms with van der Waals surface area (Å²) in [4.78, 5) is 37.1. The van der Waals surface area contributed by atoms with E-state index in [1.165, 1.54) is 37.0 Å². The Balaban J connectivity index is 1.70. The van der Waals surface area contributed by atoms with E-state index in [4.69, 9.17) is 0 Å². The summed E-state index contributed by atoms with van der Waals surface area (Å²) in [5.74, 6) is -0.190. The van der Waals surface area contributed by atoms with Gasteiger partial charge in [-0.15, -0.1) is 0 Å². The van der Waals surface area contributed by atoms with E-state index in [-0.39, 0.29) is 17.8 Å². The van der Waals surface area contributed by atoms with Gasteiger partial charge in [0.1, 0.15) is 5.54 Å². The van der Waals surface area contributed by atoms with Crippen molar-refractivity contribution in [2.24, 2.45) is 0 Å². The summed E-state index contributed by atoms with van der Waals surface area (Å²) in [5.41, 5.74) is -0.835. The molecule has 0 atom stereocenters. The lowest BCUT2D eigenvalue weighted by atomic mass is 9.96. The number of rotatable bonds is 5. The summed E-state index contributed by atoms with van der Waals surface area (Å²) < 4.78 is 0. The van der Waals surface area contributed by atoms with Gasteiger partial charge in [-0.2, -0.15) is 0 Å². The van der Waals surface area contributed by atoms with Gasteiger partial charge in [0.15, 0.2) is 0 Å². The predicted octanol–water partition coefficient (Wildman–Crippen LogP) is 2.33. The lowest BCUT2D eigenvalue weighted by molar-refractivity contribution is -0.130. The first kappa shape index (κ1) is 17.8. The molecule has 0 aromatic carbocycles. The average molecular weight is 323 g/mol. The number of amides is 4. The van der Waals surface area contributed by atoms with Crippen LogP contribution in [0.3, 0.4) is 0 Å². The van der Waals surface area contributed by atoms with Gasteiger partial charge in [0.2, 0.25) is 5.91 Å². The summed E-state index contributed by atoms with van der Waals surface area (Å²) in [6.07, 6.45) is 9.18. The highest BCUT2D eigenvalue weighted by molar-refractivity contribution is 6.06. The first-order valence-corrected chi connectivity index (χ1v) is 8.83. The van der Waals surface area contributed by atoms with Crippen LogP contribution in [-0.4, -0.2) is 40.9 Å². The summed E-state index contributed by atoms with van der Waals surface area (Å²) in [5, 5.41) is 5.75. The first-order valence-electron chi connectivity index (χ1n) is 8.83. The van der Waals surface area contributed by atoms with Crippen molar-refractivity contribution in [3.63, 3.8) is 0 Å². The Morgan fingerprint density at radius 1 is 1.17 bits per heavy atom. The molecular weight excluding hydrogens is 294 g/mol. The number of imide groups is 1. The molecule has 1 saturated carbocycles. The fourth-order valence-electron chi connectivity index (χ4n) is 3.32. The number of carbonyl (C=O) groups is 3. The topological polar surface area (TPSA) is 78.5 Å². The molecule has 0 bridgehead atoms. The monoisotopic (exact) mass is 323 g/mol. The van der Waals surface area contributed by atoms with E-state index in [9.17, 15) is 14.4 Å². The maximum atomic E-state index is 12.1. The summed E-state index contributed by atoms with van der Waals surface area (Å²) >= 11 is 0. The first-order chi connectivity index (χ1) is 10.9. The van der Waals surface area contributed by atoms with E-state index >= 15 is 0 Å². The highest BCUT2D eigenvalue weighted by Crippen LogP contribution is 2.18. The van der Waals surface area contributed by atoms with Crippen LogP contribution in [-0.2, 0) is 9.59 Å². The van der Waals surface area contributed by atoms with Crippen molar-refractivity contribution in [2.45, 2.75) is 83.2 Å². The molecule has 2 fully saturated rings. The Bertz CT molecular complexity index is 454. The van der Waals surface area contributed by atoms with E-state index in [1.54, 1.807) is 13.8 Å². The van der Waals surface area contributed by atoms with Crippen LogP contribution in [0, 0.1) is 0 Å². The number of hydrogen-bond donors (Lipinski definition) is 2. The zero-order chi connectivity index (χ0) is 16.9. The van der Waals surface area contributed by atoms with Gasteiger partial charge in [-0.3, -0.25) is 14.5 Å². The lowest BCUT2D eigenvalue weighted by Gasteiger charge is -2.21. The number of carbonyl (C=O) groups excluding carboxylic acids is 3. The standard InChI is InChI=1S/C17H29N3O3/c1-17(2)15(22)20(16(23)19-17)12-8-11-14(21)18-13-9-6-4-3-5-7-10-13/h13H,3-12H2,1-2H3,(H,18,21)(H,19,23). The zero-order valence-corrected chi connectivity index (χ0v) is 14.3. The van der Waals surface area contributed by atoms with Crippen LogP contribution in [0.2, 0.25) is 0 Å². The quantitative estimate of drug-likeness (QED) is 0.762. The minimum Gasteiger partial charge on any atom is -0.353 e. The molecule has 130 valence electrons. The zero-order valence-electron chi connectivity index (χ0n) is 14.3. The Labute approximate surface area is 138 Å². The normalized spacial score (nSPS) is 22.4. The average Bonchev–Trinajstić information content (AvgIpc) is 2.63. The molecule has 6 heteroatoms. The number of nitrogens with one attached hydrogen (secondary N) is 2. The molecule has 6 nitrogen and oxygen atoms in total. The molecule has 2 N–H and O–H groups in total. The van der Waals surface area contributed by atoms with Gasteiger partial charge in [-0.05, 0) is 33.1 Å². The fourth-order valence-corrected chi connectivity index (χ4v) is 3.32. The van der Waals surface area contributed by atoms with E-state index in [1.807, 2.05) is 0 Å². The number of hydrogen-bond acceptors (Lipinski definition) is 3. The van der Waals surface area contributed by atoms with Gasteiger partial charge >= 0.3 is 6.03 Å². The molecule has 2 rings (SSSR count). The van der Waals surface area contributed by atoms with Crippen LogP contribution in [0.25, 0.3) is 0 Å². The molecule has 0 radical (unpaired) electrons. The predicted molar refractivity (Wildman–Crippen MR) is 87.8 cm³/mol. The molecule has 0 aromatic heterocycles. The summed E-state index contributed by atoms with van der Waals surface area (Å²) in [6, 6.07) is -0.0705. The minimum atomic E-state index is -0.835. The van der Waals surface area contributed by atoms with E-state index in [2.05, 4.69) is 10.6 Å². The van der Waals surface area contributed by atoms with E-state index < -0.39 is 5.54 Å². The van der Waals surface area contributed by atoms with Crippen LogP contribution >= 0.6 is 0 Å². The van der Waals surface area contributed by atoms with Crippen molar-refractivity contribution in [3.05, 3.63) is 0 Å². The van der Waals surface area contributed by atoms with Gasteiger partial charge < -0.3 is 10.6 Å². The molecule has 1 saturated heterocycles. The molecule has 4 amide bonds. The van der Waals surface area contributed by atoms with Crippen molar-refractivity contribution in [1.82, 2.24) is 15.5 Å². The summed E-state index contributed by atoms with van der Waals surface area (Å²) in [7, 11) is 0. The van der Waals surface area contributed by atoms with Crippen LogP contribution in [0.5, 0.6) is 0 Å². The third-order valence-electron chi connectivity index (χ3n) is 4.70. The second-order valence-electron chi connectivity index (χ2n) is 7.23. The number of nitrogens with zero attached hydrogens (tertiary/aromatic N) is 1. The number of urea groups is 1. The van der Waals surface area contributed by atoms with E-state index in [0.717, 1.165) is 12.8 Å². The van der Waals surface area contributed by atoms with Crippen molar-refractivity contribution in [3.8, 4) is 0 Å². The Morgan fingerprint density at radius 3 is 2.35 bits per heavy atom. The van der Waals surface area contributed by atoms with Gasteiger partial charge in [0, 0.05) is 19.0 Å². The molecule has 23 heavy (non-hydrogen) atoms.